The van der Waals surface area contributed by atoms with Crippen molar-refractivity contribution in [3.8, 4) is 0 Å². The standard InChI is InChI=1S/C13H19N5O3/c19-12(20)7-10-3-1-2-4-18(10)13(21)16-5-6-17-9-14-15-11(17)8-16/h9-10H,1-8H2,(H,19,20). The monoisotopic (exact) mass is 293 g/mol. The van der Waals surface area contributed by atoms with E-state index in [1.54, 1.807) is 16.1 Å². The zero-order valence-corrected chi connectivity index (χ0v) is 11.8. The molecule has 0 spiro atoms. The third kappa shape index (κ3) is 2.84. The Balaban J connectivity index is 1.70. The molecule has 21 heavy (non-hydrogen) atoms. The van der Waals surface area contributed by atoms with Crippen LogP contribution in [0.25, 0.3) is 0 Å². The van der Waals surface area contributed by atoms with Crippen LogP contribution in [0.2, 0.25) is 0 Å². The summed E-state index contributed by atoms with van der Waals surface area (Å²) in [7, 11) is 0. The van der Waals surface area contributed by atoms with Gasteiger partial charge in [0.15, 0.2) is 5.82 Å². The number of aliphatic carboxylic acids is 1. The van der Waals surface area contributed by atoms with Crippen molar-refractivity contribution in [2.24, 2.45) is 0 Å². The summed E-state index contributed by atoms with van der Waals surface area (Å²) in [5, 5.41) is 16.9. The summed E-state index contributed by atoms with van der Waals surface area (Å²) in [4.78, 5) is 27.1. The van der Waals surface area contributed by atoms with Crippen LogP contribution in [-0.4, -0.2) is 60.8 Å². The fraction of sp³-hybridized carbons (Fsp3) is 0.692. The smallest absolute Gasteiger partial charge is 0.320 e. The topological polar surface area (TPSA) is 91.6 Å². The molecule has 8 nitrogen and oxygen atoms in total. The molecule has 0 aromatic carbocycles. The van der Waals surface area contributed by atoms with Gasteiger partial charge in [0, 0.05) is 25.7 Å². The average molecular weight is 293 g/mol. The first kappa shape index (κ1) is 13.8. The lowest BCUT2D eigenvalue weighted by Crippen LogP contribution is -2.52. The number of nitrogens with zero attached hydrogens (tertiary/aromatic N) is 5. The van der Waals surface area contributed by atoms with E-state index in [0.717, 1.165) is 25.1 Å². The maximum atomic E-state index is 12.7. The minimum absolute atomic E-state index is 0.0236. The molecule has 8 heteroatoms. The van der Waals surface area contributed by atoms with Gasteiger partial charge in [0.25, 0.3) is 0 Å². The fourth-order valence-electron chi connectivity index (χ4n) is 3.08. The third-order valence-corrected chi connectivity index (χ3v) is 4.19. The van der Waals surface area contributed by atoms with E-state index in [1.807, 2.05) is 4.57 Å². The van der Waals surface area contributed by atoms with Crippen molar-refractivity contribution in [3.63, 3.8) is 0 Å². The van der Waals surface area contributed by atoms with Crippen LogP contribution in [0.15, 0.2) is 6.33 Å². The molecule has 0 bridgehead atoms. The van der Waals surface area contributed by atoms with E-state index < -0.39 is 5.97 Å². The van der Waals surface area contributed by atoms with Gasteiger partial charge in [0.1, 0.15) is 6.33 Å². The number of fused-ring (bicyclic) bond motifs is 1. The molecule has 1 atom stereocenters. The van der Waals surface area contributed by atoms with Gasteiger partial charge in [-0.1, -0.05) is 0 Å². The lowest BCUT2D eigenvalue weighted by Gasteiger charge is -2.39. The van der Waals surface area contributed by atoms with Gasteiger partial charge in [-0.15, -0.1) is 10.2 Å². The molecule has 3 heterocycles. The van der Waals surface area contributed by atoms with Gasteiger partial charge in [-0.3, -0.25) is 4.79 Å². The summed E-state index contributed by atoms with van der Waals surface area (Å²) in [5.41, 5.74) is 0. The average Bonchev–Trinajstić information content (AvgIpc) is 2.94. The Bertz CT molecular complexity index is 544. The van der Waals surface area contributed by atoms with Crippen LogP contribution in [0.5, 0.6) is 0 Å². The molecular formula is C13H19N5O3. The number of hydrogen-bond donors (Lipinski definition) is 1. The summed E-state index contributed by atoms with van der Waals surface area (Å²) in [6.07, 6.45) is 4.38. The molecule has 1 aromatic heterocycles. The van der Waals surface area contributed by atoms with Gasteiger partial charge in [-0.25, -0.2) is 4.79 Å². The van der Waals surface area contributed by atoms with E-state index in [4.69, 9.17) is 5.11 Å². The number of carboxylic acid groups (broad SMARTS) is 1. The Labute approximate surface area is 122 Å². The van der Waals surface area contributed by atoms with Gasteiger partial charge in [-0.05, 0) is 19.3 Å². The van der Waals surface area contributed by atoms with Crippen LogP contribution in [0, 0.1) is 0 Å². The largest absolute Gasteiger partial charge is 0.481 e. The highest BCUT2D eigenvalue weighted by Gasteiger charge is 2.33. The van der Waals surface area contributed by atoms with E-state index >= 15 is 0 Å². The molecule has 1 fully saturated rings. The highest BCUT2D eigenvalue weighted by Crippen LogP contribution is 2.22. The molecule has 1 unspecified atom stereocenters. The zero-order chi connectivity index (χ0) is 14.8. The molecule has 1 saturated heterocycles. The minimum atomic E-state index is -0.849. The number of hydrogen-bond acceptors (Lipinski definition) is 4. The Morgan fingerprint density at radius 1 is 1.29 bits per heavy atom. The van der Waals surface area contributed by atoms with Crippen molar-refractivity contribution in [2.45, 2.75) is 44.8 Å². The van der Waals surface area contributed by atoms with E-state index in [2.05, 4.69) is 10.2 Å². The Kier molecular flexibility index (Phi) is 3.76. The predicted molar refractivity (Wildman–Crippen MR) is 72.4 cm³/mol. The molecule has 2 aliphatic rings. The van der Waals surface area contributed by atoms with Crippen molar-refractivity contribution in [1.29, 1.82) is 0 Å². The summed E-state index contributed by atoms with van der Waals surface area (Å²) in [6.45, 7) is 2.38. The Morgan fingerprint density at radius 3 is 2.95 bits per heavy atom. The van der Waals surface area contributed by atoms with Gasteiger partial charge in [0.05, 0.1) is 13.0 Å². The quantitative estimate of drug-likeness (QED) is 0.859. The Morgan fingerprint density at radius 2 is 2.14 bits per heavy atom. The van der Waals surface area contributed by atoms with Gasteiger partial charge >= 0.3 is 12.0 Å². The van der Waals surface area contributed by atoms with Gasteiger partial charge in [-0.2, -0.15) is 0 Å². The Hall–Kier alpha value is -2.12. The fourth-order valence-corrected chi connectivity index (χ4v) is 3.08. The van der Waals surface area contributed by atoms with Crippen molar-refractivity contribution in [1.82, 2.24) is 24.6 Å². The van der Waals surface area contributed by atoms with Crippen molar-refractivity contribution in [2.75, 3.05) is 13.1 Å². The normalized spacial score (nSPS) is 22.0. The van der Waals surface area contributed by atoms with Crippen LogP contribution in [-0.2, 0) is 17.9 Å². The number of carboxylic acids is 1. The molecule has 0 saturated carbocycles. The molecule has 3 rings (SSSR count). The highest BCUT2D eigenvalue weighted by molar-refractivity contribution is 5.76. The number of carbonyl (C=O) groups excluding carboxylic acids is 1. The zero-order valence-electron chi connectivity index (χ0n) is 11.8. The lowest BCUT2D eigenvalue weighted by molar-refractivity contribution is -0.138. The van der Waals surface area contributed by atoms with E-state index in [1.165, 1.54) is 0 Å². The van der Waals surface area contributed by atoms with E-state index in [0.29, 0.717) is 26.2 Å². The lowest BCUT2D eigenvalue weighted by atomic mass is 10.00. The van der Waals surface area contributed by atoms with E-state index in [9.17, 15) is 9.59 Å². The summed E-state index contributed by atoms with van der Waals surface area (Å²) >= 11 is 0. The van der Waals surface area contributed by atoms with Crippen molar-refractivity contribution >= 4 is 12.0 Å². The van der Waals surface area contributed by atoms with Crippen LogP contribution >= 0.6 is 0 Å². The van der Waals surface area contributed by atoms with Crippen molar-refractivity contribution in [3.05, 3.63) is 12.2 Å². The first-order valence-corrected chi connectivity index (χ1v) is 7.29. The van der Waals surface area contributed by atoms with Crippen LogP contribution in [0.1, 0.15) is 31.5 Å². The molecular weight excluding hydrogens is 274 g/mol. The number of likely N-dealkylation sites (tertiary alicyclic amines) is 1. The third-order valence-electron chi connectivity index (χ3n) is 4.19. The minimum Gasteiger partial charge on any atom is -0.481 e. The molecule has 1 aromatic rings. The summed E-state index contributed by atoms with van der Waals surface area (Å²) in [6, 6.07) is -0.265. The second kappa shape index (κ2) is 5.71. The number of piperidine rings is 1. The SMILES string of the molecule is O=C(O)CC1CCCCN1C(=O)N1CCn2cnnc2C1. The van der Waals surface area contributed by atoms with Gasteiger partial charge < -0.3 is 19.5 Å². The first-order valence-electron chi connectivity index (χ1n) is 7.29. The maximum absolute atomic E-state index is 12.7. The highest BCUT2D eigenvalue weighted by atomic mass is 16.4. The van der Waals surface area contributed by atoms with Crippen LogP contribution < -0.4 is 0 Å². The molecule has 2 aliphatic heterocycles. The van der Waals surface area contributed by atoms with Crippen molar-refractivity contribution < 1.29 is 14.7 Å². The summed E-state index contributed by atoms with van der Waals surface area (Å²) in [5.74, 6) is -0.0699. The number of aromatic nitrogens is 3. The second-order valence-electron chi connectivity index (χ2n) is 5.59. The predicted octanol–water partition coefficient (Wildman–Crippen LogP) is 0.543. The van der Waals surface area contributed by atoms with Gasteiger partial charge in [0.2, 0.25) is 0 Å². The number of rotatable bonds is 2. The molecule has 0 radical (unpaired) electrons. The van der Waals surface area contributed by atoms with E-state index in [-0.39, 0.29) is 18.5 Å². The molecule has 2 amide bonds. The second-order valence-corrected chi connectivity index (χ2v) is 5.59. The molecule has 1 N–H and O–H groups in total. The maximum Gasteiger partial charge on any atom is 0.320 e. The number of urea groups is 1. The number of carbonyl (C=O) groups is 2. The first-order chi connectivity index (χ1) is 10.1. The molecule has 0 aliphatic carbocycles. The van der Waals surface area contributed by atoms with Crippen LogP contribution in [0.3, 0.4) is 0 Å². The molecule has 114 valence electrons. The summed E-state index contributed by atoms with van der Waals surface area (Å²) < 4.78 is 1.94. The number of amides is 2. The van der Waals surface area contributed by atoms with Crippen LogP contribution in [0.4, 0.5) is 4.79 Å².